The molecule has 1 saturated heterocycles. The molecule has 1 aromatic heterocycles. The first-order valence-corrected chi connectivity index (χ1v) is 4.41. The standard InChI is InChI=1S/C7H13N5/c1-2-4-8-6(3-1)5-7-9-11-12-10-7/h6,8H,1-5H2,(H,9,10,11,12). The molecule has 0 radical (unpaired) electrons. The number of nitrogens with one attached hydrogen (secondary N) is 2. The highest BCUT2D eigenvalue weighted by atomic mass is 15.5. The molecule has 66 valence electrons. The zero-order chi connectivity index (χ0) is 8.23. The SMILES string of the molecule is C1CCC(Cc2nn[nH]n2)NC1. The average Bonchev–Trinajstić information content (AvgIpc) is 2.59. The molecule has 1 fully saturated rings. The van der Waals surface area contributed by atoms with Crippen LogP contribution in [0.1, 0.15) is 25.1 Å². The van der Waals surface area contributed by atoms with Gasteiger partial charge in [-0.15, -0.1) is 10.2 Å². The minimum absolute atomic E-state index is 0.552. The number of hydrogen-bond acceptors (Lipinski definition) is 4. The van der Waals surface area contributed by atoms with Crippen LogP contribution in [0.3, 0.4) is 0 Å². The van der Waals surface area contributed by atoms with E-state index < -0.39 is 0 Å². The molecule has 2 N–H and O–H groups in total. The van der Waals surface area contributed by atoms with Crippen LogP contribution in [0.2, 0.25) is 0 Å². The Morgan fingerprint density at radius 3 is 3.08 bits per heavy atom. The van der Waals surface area contributed by atoms with Crippen molar-refractivity contribution in [3.63, 3.8) is 0 Å². The summed E-state index contributed by atoms with van der Waals surface area (Å²) in [7, 11) is 0. The van der Waals surface area contributed by atoms with Gasteiger partial charge < -0.3 is 5.32 Å². The predicted molar refractivity (Wildman–Crippen MR) is 43.5 cm³/mol. The Hall–Kier alpha value is -0.970. The van der Waals surface area contributed by atoms with Crippen LogP contribution in [-0.4, -0.2) is 33.2 Å². The first-order valence-electron chi connectivity index (χ1n) is 4.41. The summed E-state index contributed by atoms with van der Waals surface area (Å²) in [6.07, 6.45) is 4.74. The van der Waals surface area contributed by atoms with E-state index in [0.29, 0.717) is 6.04 Å². The fourth-order valence-electron chi connectivity index (χ4n) is 1.59. The quantitative estimate of drug-likeness (QED) is 0.644. The lowest BCUT2D eigenvalue weighted by Gasteiger charge is -2.21. The van der Waals surface area contributed by atoms with Gasteiger partial charge in [0.1, 0.15) is 0 Å². The second-order valence-electron chi connectivity index (χ2n) is 3.18. The van der Waals surface area contributed by atoms with Crippen molar-refractivity contribution < 1.29 is 0 Å². The summed E-state index contributed by atoms with van der Waals surface area (Å²) in [5.41, 5.74) is 0. The van der Waals surface area contributed by atoms with Gasteiger partial charge in [0.25, 0.3) is 0 Å². The van der Waals surface area contributed by atoms with E-state index in [1.54, 1.807) is 0 Å². The molecular formula is C7H13N5. The third kappa shape index (κ3) is 1.79. The summed E-state index contributed by atoms with van der Waals surface area (Å²) >= 11 is 0. The van der Waals surface area contributed by atoms with Crippen molar-refractivity contribution in [3.05, 3.63) is 5.82 Å². The maximum Gasteiger partial charge on any atom is 0.176 e. The lowest BCUT2D eigenvalue weighted by molar-refractivity contribution is 0.394. The molecule has 12 heavy (non-hydrogen) atoms. The Morgan fingerprint density at radius 2 is 2.42 bits per heavy atom. The molecule has 1 aliphatic rings. The summed E-state index contributed by atoms with van der Waals surface area (Å²) in [6.45, 7) is 1.13. The van der Waals surface area contributed by atoms with E-state index in [0.717, 1.165) is 18.8 Å². The molecular weight excluding hydrogens is 154 g/mol. The molecule has 0 bridgehead atoms. The van der Waals surface area contributed by atoms with Crippen LogP contribution in [0.15, 0.2) is 0 Å². The van der Waals surface area contributed by atoms with Crippen LogP contribution < -0.4 is 5.32 Å². The molecule has 1 aromatic rings. The van der Waals surface area contributed by atoms with Gasteiger partial charge in [0.15, 0.2) is 5.82 Å². The highest BCUT2D eigenvalue weighted by molar-refractivity contribution is 4.85. The molecule has 2 rings (SSSR count). The topological polar surface area (TPSA) is 66.5 Å². The second kappa shape index (κ2) is 3.62. The third-order valence-corrected chi connectivity index (χ3v) is 2.23. The van der Waals surface area contributed by atoms with Gasteiger partial charge in [0, 0.05) is 12.5 Å². The van der Waals surface area contributed by atoms with Crippen molar-refractivity contribution in [2.45, 2.75) is 31.7 Å². The van der Waals surface area contributed by atoms with Crippen molar-refractivity contribution in [1.29, 1.82) is 0 Å². The average molecular weight is 167 g/mol. The van der Waals surface area contributed by atoms with Crippen molar-refractivity contribution >= 4 is 0 Å². The Balaban J connectivity index is 1.86. The molecule has 1 aliphatic heterocycles. The van der Waals surface area contributed by atoms with Crippen LogP contribution in [-0.2, 0) is 6.42 Å². The minimum Gasteiger partial charge on any atom is -0.314 e. The minimum atomic E-state index is 0.552. The highest BCUT2D eigenvalue weighted by Crippen LogP contribution is 2.09. The van der Waals surface area contributed by atoms with Crippen LogP contribution in [0, 0.1) is 0 Å². The number of rotatable bonds is 2. The molecule has 0 aliphatic carbocycles. The van der Waals surface area contributed by atoms with E-state index in [1.165, 1.54) is 19.3 Å². The smallest absolute Gasteiger partial charge is 0.176 e. The molecule has 2 heterocycles. The fraction of sp³-hybridized carbons (Fsp3) is 0.857. The molecule has 1 unspecified atom stereocenters. The number of H-pyrrole nitrogens is 1. The Labute approximate surface area is 70.9 Å². The van der Waals surface area contributed by atoms with Gasteiger partial charge in [-0.05, 0) is 19.4 Å². The van der Waals surface area contributed by atoms with E-state index in [4.69, 9.17) is 0 Å². The van der Waals surface area contributed by atoms with Crippen LogP contribution in [0.25, 0.3) is 0 Å². The van der Waals surface area contributed by atoms with E-state index in [-0.39, 0.29) is 0 Å². The van der Waals surface area contributed by atoms with E-state index in [2.05, 4.69) is 25.9 Å². The summed E-state index contributed by atoms with van der Waals surface area (Å²) in [5.74, 6) is 0.814. The Kier molecular flexibility index (Phi) is 2.31. The first-order chi connectivity index (χ1) is 5.95. The highest BCUT2D eigenvalue weighted by Gasteiger charge is 2.14. The summed E-state index contributed by atoms with van der Waals surface area (Å²) in [4.78, 5) is 0. The number of piperidine rings is 1. The van der Waals surface area contributed by atoms with Crippen molar-refractivity contribution in [1.82, 2.24) is 25.9 Å². The number of aromatic nitrogens is 4. The molecule has 0 amide bonds. The lowest BCUT2D eigenvalue weighted by atomic mass is 10.0. The monoisotopic (exact) mass is 167 g/mol. The van der Waals surface area contributed by atoms with Gasteiger partial charge in [0.2, 0.25) is 0 Å². The molecule has 5 heteroatoms. The van der Waals surface area contributed by atoms with Gasteiger partial charge in [0.05, 0.1) is 0 Å². The van der Waals surface area contributed by atoms with E-state index >= 15 is 0 Å². The Bertz CT molecular complexity index is 214. The molecule has 0 spiro atoms. The van der Waals surface area contributed by atoms with E-state index in [1.807, 2.05) is 0 Å². The van der Waals surface area contributed by atoms with Gasteiger partial charge >= 0.3 is 0 Å². The number of nitrogens with zero attached hydrogens (tertiary/aromatic N) is 3. The van der Waals surface area contributed by atoms with E-state index in [9.17, 15) is 0 Å². The number of tetrazole rings is 1. The largest absolute Gasteiger partial charge is 0.314 e. The zero-order valence-electron chi connectivity index (χ0n) is 6.95. The number of hydrogen-bond donors (Lipinski definition) is 2. The van der Waals surface area contributed by atoms with Crippen molar-refractivity contribution in [2.75, 3.05) is 6.54 Å². The molecule has 1 atom stereocenters. The molecule has 5 nitrogen and oxygen atoms in total. The van der Waals surface area contributed by atoms with Crippen molar-refractivity contribution in [2.24, 2.45) is 0 Å². The molecule has 0 aromatic carbocycles. The second-order valence-corrected chi connectivity index (χ2v) is 3.18. The van der Waals surface area contributed by atoms with Gasteiger partial charge in [-0.3, -0.25) is 0 Å². The summed E-state index contributed by atoms with van der Waals surface area (Å²) in [6, 6.07) is 0.552. The van der Waals surface area contributed by atoms with Crippen LogP contribution in [0.5, 0.6) is 0 Å². The van der Waals surface area contributed by atoms with Crippen LogP contribution in [0.4, 0.5) is 0 Å². The third-order valence-electron chi connectivity index (χ3n) is 2.23. The van der Waals surface area contributed by atoms with Gasteiger partial charge in [-0.25, -0.2) is 0 Å². The fourth-order valence-corrected chi connectivity index (χ4v) is 1.59. The van der Waals surface area contributed by atoms with Gasteiger partial charge in [-0.2, -0.15) is 5.21 Å². The van der Waals surface area contributed by atoms with Gasteiger partial charge in [-0.1, -0.05) is 11.6 Å². The normalized spacial score (nSPS) is 24.2. The first kappa shape index (κ1) is 7.67. The zero-order valence-corrected chi connectivity index (χ0v) is 6.95. The Morgan fingerprint density at radius 1 is 1.42 bits per heavy atom. The maximum atomic E-state index is 3.92. The summed E-state index contributed by atoms with van der Waals surface area (Å²) in [5, 5.41) is 17.3. The van der Waals surface area contributed by atoms with Crippen LogP contribution >= 0.6 is 0 Å². The summed E-state index contributed by atoms with van der Waals surface area (Å²) < 4.78 is 0. The predicted octanol–water partition coefficient (Wildman–Crippen LogP) is -0.116. The molecule has 0 saturated carbocycles. The maximum absolute atomic E-state index is 3.92. The lowest BCUT2D eigenvalue weighted by Crippen LogP contribution is -2.35. The van der Waals surface area contributed by atoms with Crippen molar-refractivity contribution in [3.8, 4) is 0 Å². The number of aromatic amines is 1.